The number of amidine groups is 1. The van der Waals surface area contributed by atoms with Crippen molar-refractivity contribution in [2.24, 2.45) is 4.99 Å². The summed E-state index contributed by atoms with van der Waals surface area (Å²) in [6.07, 6.45) is -4.00. The van der Waals surface area contributed by atoms with Crippen molar-refractivity contribution in [2.45, 2.75) is 45.4 Å². The smallest absolute Gasteiger partial charge is 0.374 e. The van der Waals surface area contributed by atoms with Crippen LogP contribution < -0.4 is 0 Å². The maximum absolute atomic E-state index is 12.8. The van der Waals surface area contributed by atoms with Gasteiger partial charge in [-0.3, -0.25) is 0 Å². The van der Waals surface area contributed by atoms with Gasteiger partial charge in [0.2, 0.25) is 5.60 Å². The van der Waals surface area contributed by atoms with Gasteiger partial charge in [0.05, 0.1) is 0 Å². The Morgan fingerprint density at radius 2 is 1.78 bits per heavy atom. The lowest BCUT2D eigenvalue weighted by Crippen LogP contribution is -2.56. The zero-order chi connectivity index (χ0) is 15.0. The molecule has 0 bridgehead atoms. The molecule has 0 spiro atoms. The molecule has 0 rings (SSSR count). The molecule has 18 heavy (non-hydrogen) atoms. The predicted molar refractivity (Wildman–Crippen MR) is 68.6 cm³/mol. The van der Waals surface area contributed by atoms with Crippen molar-refractivity contribution in [1.29, 1.82) is 0 Å². The van der Waals surface area contributed by atoms with Crippen LogP contribution in [0.3, 0.4) is 0 Å². The summed E-state index contributed by atoms with van der Waals surface area (Å²) in [6.45, 7) is 8.81. The van der Waals surface area contributed by atoms with Gasteiger partial charge in [-0.15, -0.1) is 0 Å². The van der Waals surface area contributed by atoms with E-state index in [1.165, 1.54) is 14.1 Å². The fourth-order valence-electron chi connectivity index (χ4n) is 1.42. The molecule has 0 aromatic heterocycles. The Morgan fingerprint density at radius 3 is 2.00 bits per heavy atom. The van der Waals surface area contributed by atoms with Gasteiger partial charge in [0.15, 0.2) is 0 Å². The van der Waals surface area contributed by atoms with Crippen LogP contribution >= 0.6 is 0 Å². The van der Waals surface area contributed by atoms with Gasteiger partial charge in [0.25, 0.3) is 0 Å². The number of rotatable bonds is 4. The van der Waals surface area contributed by atoms with Gasteiger partial charge < -0.3 is 10.0 Å². The fourth-order valence-corrected chi connectivity index (χ4v) is 1.42. The number of alkyl halides is 3. The summed E-state index contributed by atoms with van der Waals surface area (Å²) >= 11 is 0. The van der Waals surface area contributed by atoms with Crippen LogP contribution in [-0.4, -0.2) is 41.7 Å². The van der Waals surface area contributed by atoms with Gasteiger partial charge >= 0.3 is 6.18 Å². The maximum atomic E-state index is 12.8. The number of nitrogens with zero attached hydrogens (tertiary/aromatic N) is 2. The lowest BCUT2D eigenvalue weighted by Gasteiger charge is -2.34. The largest absolute Gasteiger partial charge is 0.424 e. The molecule has 0 radical (unpaired) electrons. The van der Waals surface area contributed by atoms with Crippen LogP contribution in [0.2, 0.25) is 0 Å². The summed E-state index contributed by atoms with van der Waals surface area (Å²) in [7, 11) is 2.80. The first-order valence-electron chi connectivity index (χ1n) is 5.86. The highest BCUT2D eigenvalue weighted by Crippen LogP contribution is 2.36. The van der Waals surface area contributed by atoms with Crippen molar-refractivity contribution in [3.8, 4) is 0 Å². The monoisotopic (exact) mass is 268 g/mol. The molecule has 1 atom stereocenters. The Balaban J connectivity index is 0. The zero-order valence-electron chi connectivity index (χ0n) is 11.7. The molecule has 6 heteroatoms. The van der Waals surface area contributed by atoms with E-state index >= 15 is 0 Å². The Kier molecular flexibility index (Phi) is 8.72. The average Bonchev–Trinajstić information content (AvgIpc) is 2.26. The van der Waals surface area contributed by atoms with Crippen molar-refractivity contribution >= 4 is 5.84 Å². The van der Waals surface area contributed by atoms with E-state index in [0.29, 0.717) is 0 Å². The molecule has 1 N–H and O–H groups in total. The van der Waals surface area contributed by atoms with E-state index in [2.05, 4.69) is 11.6 Å². The third-order valence-corrected chi connectivity index (χ3v) is 2.09. The molecular weight excluding hydrogens is 245 g/mol. The number of likely N-dealkylation sites (N-methyl/N-ethyl adjacent to an activating group) is 1. The standard InChI is InChI=1S/C10H17F3N2O.C2H6/c1-5-7-9(16,10(11,12)13)8(14-6-2)15(3)4;1-2/h6,16H,2,5,7H2,1,3-4H3;1-2H3. The first-order chi connectivity index (χ1) is 8.20. The summed E-state index contributed by atoms with van der Waals surface area (Å²) in [5, 5.41) is 9.76. The van der Waals surface area contributed by atoms with Crippen LogP contribution in [0.25, 0.3) is 0 Å². The van der Waals surface area contributed by atoms with E-state index in [-0.39, 0.29) is 6.42 Å². The highest BCUT2D eigenvalue weighted by molar-refractivity contribution is 5.91. The molecule has 0 aliphatic carbocycles. The normalized spacial score (nSPS) is 15.3. The van der Waals surface area contributed by atoms with Gasteiger partial charge in [-0.1, -0.05) is 33.8 Å². The van der Waals surface area contributed by atoms with Gasteiger partial charge in [-0.2, -0.15) is 13.2 Å². The maximum Gasteiger partial charge on any atom is 0.424 e. The Morgan fingerprint density at radius 1 is 1.33 bits per heavy atom. The highest BCUT2D eigenvalue weighted by atomic mass is 19.4. The first-order valence-corrected chi connectivity index (χ1v) is 5.86. The third-order valence-electron chi connectivity index (χ3n) is 2.09. The number of aliphatic hydroxyl groups is 1. The van der Waals surface area contributed by atoms with E-state index in [0.717, 1.165) is 11.1 Å². The van der Waals surface area contributed by atoms with Gasteiger partial charge in [-0.05, 0) is 6.42 Å². The van der Waals surface area contributed by atoms with Gasteiger partial charge in [0.1, 0.15) is 5.84 Å². The van der Waals surface area contributed by atoms with Crippen LogP contribution in [0.15, 0.2) is 17.8 Å². The molecule has 0 aliphatic rings. The number of halogens is 3. The summed E-state index contributed by atoms with van der Waals surface area (Å²) < 4.78 is 38.5. The van der Waals surface area contributed by atoms with E-state index in [1.807, 2.05) is 13.8 Å². The van der Waals surface area contributed by atoms with Crippen molar-refractivity contribution in [3.63, 3.8) is 0 Å². The summed E-state index contributed by atoms with van der Waals surface area (Å²) in [5.74, 6) is -0.447. The van der Waals surface area contributed by atoms with E-state index in [1.54, 1.807) is 6.92 Å². The molecule has 108 valence electrons. The molecule has 0 heterocycles. The molecule has 0 aromatic carbocycles. The summed E-state index contributed by atoms with van der Waals surface area (Å²) in [5.41, 5.74) is -2.92. The highest BCUT2D eigenvalue weighted by Gasteiger charge is 2.57. The first kappa shape index (κ1) is 19.3. The summed E-state index contributed by atoms with van der Waals surface area (Å²) in [4.78, 5) is 4.66. The van der Waals surface area contributed by atoms with E-state index in [4.69, 9.17) is 0 Å². The van der Waals surface area contributed by atoms with Crippen LogP contribution in [0.1, 0.15) is 33.6 Å². The van der Waals surface area contributed by atoms with Crippen LogP contribution in [-0.2, 0) is 0 Å². The zero-order valence-corrected chi connectivity index (χ0v) is 11.7. The molecule has 0 saturated carbocycles. The van der Waals surface area contributed by atoms with Gasteiger partial charge in [0, 0.05) is 20.3 Å². The van der Waals surface area contributed by atoms with E-state index in [9.17, 15) is 18.3 Å². The molecule has 0 amide bonds. The minimum absolute atomic E-state index is 0.194. The predicted octanol–water partition coefficient (Wildman–Crippen LogP) is 3.21. The number of hydrogen-bond donors (Lipinski definition) is 1. The molecule has 0 fully saturated rings. The van der Waals surface area contributed by atoms with Crippen molar-refractivity contribution in [3.05, 3.63) is 12.8 Å². The van der Waals surface area contributed by atoms with Crippen LogP contribution in [0.4, 0.5) is 13.2 Å². The lowest BCUT2D eigenvalue weighted by molar-refractivity contribution is -0.235. The van der Waals surface area contributed by atoms with Crippen molar-refractivity contribution < 1.29 is 18.3 Å². The van der Waals surface area contributed by atoms with Crippen molar-refractivity contribution in [1.82, 2.24) is 4.90 Å². The Hall–Kier alpha value is -1.04. The second-order valence-electron chi connectivity index (χ2n) is 3.64. The van der Waals surface area contributed by atoms with Gasteiger partial charge in [-0.25, -0.2) is 4.99 Å². The Labute approximate surface area is 107 Å². The minimum Gasteiger partial charge on any atom is -0.374 e. The SMILES string of the molecule is C=CN=C(N(C)C)C(O)(CCC)C(F)(F)F.CC. The second kappa shape index (κ2) is 8.13. The minimum atomic E-state index is -4.75. The fraction of sp³-hybridized carbons (Fsp3) is 0.750. The summed E-state index contributed by atoms with van der Waals surface area (Å²) in [6, 6.07) is 0. The Bertz CT molecular complexity index is 275. The number of aliphatic imine (C=N–C) groups is 1. The van der Waals surface area contributed by atoms with Crippen LogP contribution in [0.5, 0.6) is 0 Å². The molecular formula is C12H23F3N2O. The van der Waals surface area contributed by atoms with Crippen molar-refractivity contribution in [2.75, 3.05) is 14.1 Å². The van der Waals surface area contributed by atoms with Crippen LogP contribution in [0, 0.1) is 0 Å². The molecule has 1 unspecified atom stereocenters. The molecule has 0 aliphatic heterocycles. The molecule has 0 aromatic rings. The average molecular weight is 268 g/mol. The quantitative estimate of drug-likeness (QED) is 0.627. The van der Waals surface area contributed by atoms with E-state index < -0.39 is 24.0 Å². The number of hydrogen-bond acceptors (Lipinski definition) is 2. The second-order valence-corrected chi connectivity index (χ2v) is 3.64. The topological polar surface area (TPSA) is 35.8 Å². The molecule has 3 nitrogen and oxygen atoms in total. The third kappa shape index (κ3) is 4.68. The molecule has 0 saturated heterocycles. The lowest BCUT2D eigenvalue weighted by atomic mass is 9.95.